The molecule has 5 heteroatoms. The number of carbonyl (C=O) groups excluding carboxylic acids is 2. The van der Waals surface area contributed by atoms with Crippen LogP contribution in [0.25, 0.3) is 0 Å². The van der Waals surface area contributed by atoms with Gasteiger partial charge in [0.05, 0.1) is 25.7 Å². The van der Waals surface area contributed by atoms with Crippen molar-refractivity contribution in [2.24, 2.45) is 17.3 Å². The van der Waals surface area contributed by atoms with Crippen LogP contribution >= 0.6 is 0 Å². The molecular weight excluding hydrogens is 270 g/mol. The molecule has 0 saturated heterocycles. The zero-order chi connectivity index (χ0) is 16.5. The van der Waals surface area contributed by atoms with E-state index in [1.54, 1.807) is 13.8 Å². The van der Waals surface area contributed by atoms with E-state index in [0.717, 1.165) is 6.42 Å². The Morgan fingerprint density at radius 3 is 2.14 bits per heavy atom. The molecule has 0 aromatic carbocycles. The highest BCUT2D eigenvalue weighted by Crippen LogP contribution is 2.34. The second kappa shape index (κ2) is 9.38. The molecule has 0 radical (unpaired) electrons. The minimum atomic E-state index is -1.45. The summed E-state index contributed by atoms with van der Waals surface area (Å²) in [5, 5.41) is 9.52. The molecular formula is C16H27NO4. The summed E-state index contributed by atoms with van der Waals surface area (Å²) in [6.07, 6.45) is 0.934. The third-order valence-electron chi connectivity index (χ3n) is 3.20. The number of hydrogen-bond acceptors (Lipinski definition) is 5. The summed E-state index contributed by atoms with van der Waals surface area (Å²) in [6.45, 7) is 9.94. The van der Waals surface area contributed by atoms with Gasteiger partial charge < -0.3 is 9.47 Å². The lowest BCUT2D eigenvalue weighted by atomic mass is 9.76. The van der Waals surface area contributed by atoms with Crippen LogP contribution in [0.15, 0.2) is 0 Å². The highest BCUT2D eigenvalue weighted by atomic mass is 16.5. The molecule has 120 valence electrons. The Balaban J connectivity index is 5.17. The van der Waals surface area contributed by atoms with E-state index in [-0.39, 0.29) is 25.6 Å². The molecule has 0 heterocycles. The maximum Gasteiger partial charge on any atom is 0.327 e. The minimum Gasteiger partial charge on any atom is -0.466 e. The number of nitrogens with zero attached hydrogens (tertiary/aromatic N) is 1. The first kappa shape index (κ1) is 19.4. The molecule has 2 atom stereocenters. The first-order valence-corrected chi connectivity index (χ1v) is 7.55. The Morgan fingerprint density at radius 2 is 1.71 bits per heavy atom. The summed E-state index contributed by atoms with van der Waals surface area (Å²) in [4.78, 5) is 24.0. The summed E-state index contributed by atoms with van der Waals surface area (Å²) >= 11 is 0. The number of rotatable bonds is 9. The van der Waals surface area contributed by atoms with Crippen molar-refractivity contribution < 1.29 is 19.1 Å². The van der Waals surface area contributed by atoms with Crippen molar-refractivity contribution in [1.29, 1.82) is 5.26 Å². The molecule has 0 rings (SSSR count). The van der Waals surface area contributed by atoms with Gasteiger partial charge >= 0.3 is 11.9 Å². The molecule has 0 aliphatic rings. The molecule has 0 spiro atoms. The molecule has 2 unspecified atom stereocenters. The Bertz CT molecular complexity index is 386. The summed E-state index contributed by atoms with van der Waals surface area (Å²) in [7, 11) is 0. The molecule has 0 saturated carbocycles. The van der Waals surface area contributed by atoms with E-state index in [0.29, 0.717) is 12.3 Å². The first-order chi connectivity index (χ1) is 9.81. The quantitative estimate of drug-likeness (QED) is 0.611. The smallest absolute Gasteiger partial charge is 0.327 e. The summed E-state index contributed by atoms with van der Waals surface area (Å²) < 4.78 is 9.91. The van der Waals surface area contributed by atoms with Crippen LogP contribution in [0.1, 0.15) is 53.9 Å². The number of carbonyl (C=O) groups is 2. The van der Waals surface area contributed by atoms with E-state index < -0.39 is 17.4 Å². The van der Waals surface area contributed by atoms with Gasteiger partial charge in [-0.05, 0) is 38.5 Å². The fourth-order valence-corrected chi connectivity index (χ4v) is 2.57. The summed E-state index contributed by atoms with van der Waals surface area (Å²) in [5.74, 6) is -0.565. The van der Waals surface area contributed by atoms with E-state index in [2.05, 4.69) is 13.8 Å². The van der Waals surface area contributed by atoms with Gasteiger partial charge in [0.25, 0.3) is 0 Å². The van der Waals surface area contributed by atoms with Crippen LogP contribution in [0.2, 0.25) is 0 Å². The van der Waals surface area contributed by atoms with E-state index in [1.807, 2.05) is 13.0 Å². The van der Waals surface area contributed by atoms with Crippen LogP contribution in [0.5, 0.6) is 0 Å². The topological polar surface area (TPSA) is 76.4 Å². The Morgan fingerprint density at radius 1 is 1.14 bits per heavy atom. The van der Waals surface area contributed by atoms with Gasteiger partial charge in [-0.25, -0.2) is 0 Å². The highest BCUT2D eigenvalue weighted by molar-refractivity contribution is 5.86. The van der Waals surface area contributed by atoms with Crippen LogP contribution in [0, 0.1) is 28.6 Å². The Labute approximate surface area is 127 Å². The maximum absolute atomic E-state index is 12.2. The van der Waals surface area contributed by atoms with Crippen molar-refractivity contribution in [3.05, 3.63) is 0 Å². The molecule has 0 amide bonds. The van der Waals surface area contributed by atoms with Gasteiger partial charge in [-0.3, -0.25) is 9.59 Å². The van der Waals surface area contributed by atoms with E-state index in [4.69, 9.17) is 9.47 Å². The van der Waals surface area contributed by atoms with Gasteiger partial charge in [0.15, 0.2) is 5.41 Å². The third-order valence-corrected chi connectivity index (χ3v) is 3.20. The van der Waals surface area contributed by atoms with Gasteiger partial charge in [0.1, 0.15) is 0 Å². The van der Waals surface area contributed by atoms with Gasteiger partial charge in [-0.1, -0.05) is 20.8 Å². The molecule has 21 heavy (non-hydrogen) atoms. The normalized spacial score (nSPS) is 14.9. The highest BCUT2D eigenvalue weighted by Gasteiger charge is 2.44. The average Bonchev–Trinajstić information content (AvgIpc) is 2.37. The first-order valence-electron chi connectivity index (χ1n) is 7.55. The lowest BCUT2D eigenvalue weighted by Gasteiger charge is -2.27. The van der Waals surface area contributed by atoms with E-state index in [9.17, 15) is 14.9 Å². The van der Waals surface area contributed by atoms with Crippen molar-refractivity contribution >= 4 is 11.9 Å². The lowest BCUT2D eigenvalue weighted by Crippen LogP contribution is -2.36. The standard InChI is InChI=1S/C16H27NO4/c1-6-20-14(18)10-16(11-17,15(19)21-7-2)9-13(5)8-12(3)4/h12-13H,6-10H2,1-5H3. The second-order valence-corrected chi connectivity index (χ2v) is 5.84. The zero-order valence-corrected chi connectivity index (χ0v) is 13.8. The predicted octanol–water partition coefficient (Wildman–Crippen LogP) is 3.08. The molecule has 0 fully saturated rings. The average molecular weight is 297 g/mol. The monoisotopic (exact) mass is 297 g/mol. The predicted molar refractivity (Wildman–Crippen MR) is 79.2 cm³/mol. The van der Waals surface area contributed by atoms with Crippen molar-refractivity contribution in [1.82, 2.24) is 0 Å². The van der Waals surface area contributed by atoms with Crippen molar-refractivity contribution in [2.75, 3.05) is 13.2 Å². The van der Waals surface area contributed by atoms with Crippen LogP contribution in [0.3, 0.4) is 0 Å². The van der Waals surface area contributed by atoms with Crippen molar-refractivity contribution in [2.45, 2.75) is 53.9 Å². The SMILES string of the molecule is CCOC(=O)CC(C#N)(CC(C)CC(C)C)C(=O)OCC. The van der Waals surface area contributed by atoms with Crippen LogP contribution in [-0.4, -0.2) is 25.2 Å². The third kappa shape index (κ3) is 6.61. The molecule has 0 N–H and O–H groups in total. The molecule has 5 nitrogen and oxygen atoms in total. The zero-order valence-electron chi connectivity index (χ0n) is 13.8. The molecule has 0 aliphatic carbocycles. The van der Waals surface area contributed by atoms with E-state index >= 15 is 0 Å². The number of esters is 2. The Hall–Kier alpha value is -1.57. The van der Waals surface area contributed by atoms with Crippen molar-refractivity contribution in [3.63, 3.8) is 0 Å². The van der Waals surface area contributed by atoms with Crippen LogP contribution < -0.4 is 0 Å². The summed E-state index contributed by atoms with van der Waals surface area (Å²) in [5.41, 5.74) is -1.45. The van der Waals surface area contributed by atoms with Gasteiger partial charge in [0.2, 0.25) is 0 Å². The fourth-order valence-electron chi connectivity index (χ4n) is 2.57. The molecule has 0 aromatic rings. The van der Waals surface area contributed by atoms with Crippen LogP contribution in [0.4, 0.5) is 0 Å². The van der Waals surface area contributed by atoms with E-state index in [1.165, 1.54) is 0 Å². The van der Waals surface area contributed by atoms with Gasteiger partial charge in [-0.15, -0.1) is 0 Å². The van der Waals surface area contributed by atoms with Gasteiger partial charge in [-0.2, -0.15) is 5.26 Å². The minimum absolute atomic E-state index is 0.142. The van der Waals surface area contributed by atoms with Crippen molar-refractivity contribution in [3.8, 4) is 6.07 Å². The molecule has 0 aromatic heterocycles. The Kier molecular flexibility index (Phi) is 8.68. The van der Waals surface area contributed by atoms with Gasteiger partial charge in [0, 0.05) is 0 Å². The van der Waals surface area contributed by atoms with Crippen LogP contribution in [-0.2, 0) is 19.1 Å². The molecule has 0 aliphatic heterocycles. The fraction of sp³-hybridized carbons (Fsp3) is 0.812. The number of hydrogen-bond donors (Lipinski definition) is 0. The second-order valence-electron chi connectivity index (χ2n) is 5.84. The maximum atomic E-state index is 12.2. The largest absolute Gasteiger partial charge is 0.466 e. The number of nitriles is 1. The molecule has 0 bridgehead atoms. The number of ether oxygens (including phenoxy) is 2. The summed E-state index contributed by atoms with van der Waals surface area (Å²) in [6, 6.07) is 2.02. The lowest BCUT2D eigenvalue weighted by molar-refractivity contribution is -0.159.